The number of carboxylic acids is 1. The number of rotatable bonds is 4. The molecule has 0 aromatic carbocycles. The lowest BCUT2D eigenvalue weighted by Gasteiger charge is -2.25. The van der Waals surface area contributed by atoms with E-state index in [0.717, 1.165) is 31.6 Å². The van der Waals surface area contributed by atoms with Gasteiger partial charge in [-0.05, 0) is 24.8 Å². The maximum atomic E-state index is 12.4. The van der Waals surface area contributed by atoms with Crippen molar-refractivity contribution in [2.45, 2.75) is 33.6 Å². The first-order valence-corrected chi connectivity index (χ1v) is 9.03. The maximum Gasteiger partial charge on any atom is 0.337 e. The SMILES string of the molecule is CC(C)(C)C(=O)N1CC[C@H](Cc2cnc(-c3cncc(C(=O)O)c3)cn2)C1. The molecule has 3 rings (SSSR count). The van der Waals surface area contributed by atoms with Gasteiger partial charge in [0.15, 0.2) is 0 Å². The molecule has 1 atom stereocenters. The molecule has 1 saturated heterocycles. The van der Waals surface area contributed by atoms with Gasteiger partial charge in [-0.2, -0.15) is 0 Å². The van der Waals surface area contributed by atoms with Gasteiger partial charge in [-0.3, -0.25) is 19.7 Å². The molecule has 0 aliphatic carbocycles. The van der Waals surface area contributed by atoms with E-state index in [9.17, 15) is 9.59 Å². The van der Waals surface area contributed by atoms with Crippen LogP contribution in [0.1, 0.15) is 43.2 Å². The number of carbonyl (C=O) groups is 2. The van der Waals surface area contributed by atoms with Crippen molar-refractivity contribution in [1.82, 2.24) is 19.9 Å². The summed E-state index contributed by atoms with van der Waals surface area (Å²) in [4.78, 5) is 38.2. The number of hydrogen-bond donors (Lipinski definition) is 1. The number of amides is 1. The highest BCUT2D eigenvalue weighted by atomic mass is 16.4. The fourth-order valence-corrected chi connectivity index (χ4v) is 3.26. The summed E-state index contributed by atoms with van der Waals surface area (Å²) in [6.45, 7) is 7.38. The molecule has 1 N–H and O–H groups in total. The van der Waals surface area contributed by atoms with Crippen molar-refractivity contribution in [3.05, 3.63) is 42.1 Å². The molecule has 27 heavy (non-hydrogen) atoms. The predicted molar refractivity (Wildman–Crippen MR) is 100 cm³/mol. The monoisotopic (exact) mass is 368 g/mol. The van der Waals surface area contributed by atoms with Crippen LogP contribution in [0.4, 0.5) is 0 Å². The summed E-state index contributed by atoms with van der Waals surface area (Å²) in [5.41, 5.74) is 1.85. The Hall–Kier alpha value is -2.83. The van der Waals surface area contributed by atoms with Crippen LogP contribution in [-0.4, -0.2) is 49.9 Å². The fourth-order valence-electron chi connectivity index (χ4n) is 3.26. The number of carbonyl (C=O) groups excluding carboxylic acids is 1. The number of likely N-dealkylation sites (tertiary alicyclic amines) is 1. The highest BCUT2D eigenvalue weighted by Crippen LogP contribution is 2.26. The first kappa shape index (κ1) is 18.9. The second-order valence-corrected chi connectivity index (χ2v) is 8.02. The average molecular weight is 368 g/mol. The Morgan fingerprint density at radius 3 is 2.59 bits per heavy atom. The number of carboxylic acid groups (broad SMARTS) is 1. The lowest BCUT2D eigenvalue weighted by atomic mass is 9.95. The molecule has 0 saturated carbocycles. The number of pyridine rings is 1. The van der Waals surface area contributed by atoms with Crippen LogP contribution in [-0.2, 0) is 11.2 Å². The van der Waals surface area contributed by atoms with Crippen LogP contribution >= 0.6 is 0 Å². The molecule has 0 radical (unpaired) electrons. The van der Waals surface area contributed by atoms with Crippen molar-refractivity contribution in [2.75, 3.05) is 13.1 Å². The molecular weight excluding hydrogens is 344 g/mol. The summed E-state index contributed by atoms with van der Waals surface area (Å²) in [7, 11) is 0. The number of nitrogens with zero attached hydrogens (tertiary/aromatic N) is 4. The largest absolute Gasteiger partial charge is 0.478 e. The first-order chi connectivity index (χ1) is 12.7. The van der Waals surface area contributed by atoms with Crippen LogP contribution in [0.15, 0.2) is 30.9 Å². The van der Waals surface area contributed by atoms with E-state index in [4.69, 9.17) is 5.11 Å². The standard InChI is InChI=1S/C20H24N4O3/c1-20(2,3)19(27)24-5-4-13(12-24)6-16-10-23-17(11-22-16)14-7-15(18(25)26)9-21-8-14/h7-11,13H,4-6,12H2,1-3H3,(H,25,26)/t13-/m1/s1. The number of aromatic carboxylic acids is 1. The topological polar surface area (TPSA) is 96.3 Å². The average Bonchev–Trinajstić information content (AvgIpc) is 3.09. The van der Waals surface area contributed by atoms with Crippen molar-refractivity contribution in [3.8, 4) is 11.3 Å². The third kappa shape index (κ3) is 4.48. The summed E-state index contributed by atoms with van der Waals surface area (Å²) in [5, 5.41) is 9.07. The molecule has 1 amide bonds. The van der Waals surface area contributed by atoms with E-state index in [1.54, 1.807) is 18.6 Å². The molecule has 1 aliphatic rings. The van der Waals surface area contributed by atoms with Crippen LogP contribution in [0.3, 0.4) is 0 Å². The van der Waals surface area contributed by atoms with E-state index in [0.29, 0.717) is 17.2 Å². The summed E-state index contributed by atoms with van der Waals surface area (Å²) in [5.74, 6) is -0.449. The van der Waals surface area contributed by atoms with Crippen molar-refractivity contribution < 1.29 is 14.7 Å². The van der Waals surface area contributed by atoms with E-state index in [-0.39, 0.29) is 16.9 Å². The normalized spacial score (nSPS) is 17.1. The zero-order valence-corrected chi connectivity index (χ0v) is 15.8. The molecule has 1 fully saturated rings. The van der Waals surface area contributed by atoms with E-state index >= 15 is 0 Å². The lowest BCUT2D eigenvalue weighted by Crippen LogP contribution is -2.38. The maximum absolute atomic E-state index is 12.4. The van der Waals surface area contributed by atoms with Gasteiger partial charge in [0.1, 0.15) is 0 Å². The van der Waals surface area contributed by atoms with Crippen molar-refractivity contribution >= 4 is 11.9 Å². The molecule has 0 unspecified atom stereocenters. The minimum Gasteiger partial charge on any atom is -0.478 e. The predicted octanol–water partition coefficient (Wildman–Crippen LogP) is 2.67. The summed E-state index contributed by atoms with van der Waals surface area (Å²) in [6, 6.07) is 1.53. The van der Waals surface area contributed by atoms with E-state index in [1.807, 2.05) is 25.7 Å². The Morgan fingerprint density at radius 2 is 1.96 bits per heavy atom. The first-order valence-electron chi connectivity index (χ1n) is 9.03. The second kappa shape index (κ2) is 7.42. The third-order valence-electron chi connectivity index (χ3n) is 4.70. The minimum atomic E-state index is -1.02. The van der Waals surface area contributed by atoms with Crippen LogP contribution in [0.25, 0.3) is 11.3 Å². The number of aromatic nitrogens is 3. The molecule has 3 heterocycles. The zero-order chi connectivity index (χ0) is 19.6. The molecule has 2 aromatic heterocycles. The molecule has 2 aromatic rings. The van der Waals surface area contributed by atoms with Gasteiger partial charge in [-0.1, -0.05) is 20.8 Å². The van der Waals surface area contributed by atoms with Gasteiger partial charge in [0.25, 0.3) is 0 Å². The Labute approximate surface area is 158 Å². The van der Waals surface area contributed by atoms with Gasteiger partial charge in [0.2, 0.25) is 5.91 Å². The fraction of sp³-hybridized carbons (Fsp3) is 0.450. The Balaban J connectivity index is 1.64. The molecule has 7 heteroatoms. The molecule has 142 valence electrons. The Kier molecular flexibility index (Phi) is 5.21. The van der Waals surface area contributed by atoms with E-state index in [2.05, 4.69) is 15.0 Å². The van der Waals surface area contributed by atoms with Crippen LogP contribution in [0.2, 0.25) is 0 Å². The molecule has 1 aliphatic heterocycles. The minimum absolute atomic E-state index is 0.118. The van der Waals surface area contributed by atoms with Crippen molar-refractivity contribution in [1.29, 1.82) is 0 Å². The quantitative estimate of drug-likeness (QED) is 0.891. The molecular formula is C20H24N4O3. The summed E-state index contributed by atoms with van der Waals surface area (Å²) < 4.78 is 0. The Morgan fingerprint density at radius 1 is 1.19 bits per heavy atom. The smallest absolute Gasteiger partial charge is 0.337 e. The Bertz CT molecular complexity index is 843. The van der Waals surface area contributed by atoms with Gasteiger partial charge in [0, 0.05) is 42.7 Å². The van der Waals surface area contributed by atoms with Crippen molar-refractivity contribution in [2.24, 2.45) is 11.3 Å². The van der Waals surface area contributed by atoms with Gasteiger partial charge < -0.3 is 10.0 Å². The summed E-state index contributed by atoms with van der Waals surface area (Å²) >= 11 is 0. The molecule has 0 spiro atoms. The number of hydrogen-bond acceptors (Lipinski definition) is 5. The van der Waals surface area contributed by atoms with E-state index in [1.165, 1.54) is 12.3 Å². The third-order valence-corrected chi connectivity index (χ3v) is 4.70. The molecule has 7 nitrogen and oxygen atoms in total. The van der Waals surface area contributed by atoms with E-state index < -0.39 is 5.97 Å². The van der Waals surface area contributed by atoms with Crippen LogP contribution < -0.4 is 0 Å². The molecule has 0 bridgehead atoms. The second-order valence-electron chi connectivity index (χ2n) is 8.02. The van der Waals surface area contributed by atoms with Gasteiger partial charge >= 0.3 is 5.97 Å². The van der Waals surface area contributed by atoms with Gasteiger partial charge in [-0.15, -0.1) is 0 Å². The zero-order valence-electron chi connectivity index (χ0n) is 15.8. The highest BCUT2D eigenvalue weighted by molar-refractivity contribution is 5.88. The lowest BCUT2D eigenvalue weighted by molar-refractivity contribution is -0.138. The van der Waals surface area contributed by atoms with Gasteiger partial charge in [0.05, 0.1) is 23.1 Å². The van der Waals surface area contributed by atoms with Crippen LogP contribution in [0, 0.1) is 11.3 Å². The van der Waals surface area contributed by atoms with Crippen molar-refractivity contribution in [3.63, 3.8) is 0 Å². The summed E-state index contributed by atoms with van der Waals surface area (Å²) in [6.07, 6.45) is 7.98. The highest BCUT2D eigenvalue weighted by Gasteiger charge is 2.32. The van der Waals surface area contributed by atoms with Crippen LogP contribution in [0.5, 0.6) is 0 Å². The van der Waals surface area contributed by atoms with Gasteiger partial charge in [-0.25, -0.2) is 4.79 Å².